The zero-order chi connectivity index (χ0) is 13.7. The second-order valence-electron chi connectivity index (χ2n) is 4.62. The minimum absolute atomic E-state index is 0.00572. The van der Waals surface area contributed by atoms with Gasteiger partial charge in [-0.2, -0.15) is 0 Å². The maximum absolute atomic E-state index is 11.7. The lowest BCUT2D eigenvalue weighted by Gasteiger charge is -2.15. The van der Waals surface area contributed by atoms with Crippen molar-refractivity contribution in [2.24, 2.45) is 5.92 Å². The highest BCUT2D eigenvalue weighted by atomic mass is 16.6. The topological polar surface area (TPSA) is 62.7 Å². The Morgan fingerprint density at radius 3 is 3.11 bits per heavy atom. The molecule has 0 aromatic carbocycles. The minimum Gasteiger partial charge on any atom is -0.445 e. The van der Waals surface area contributed by atoms with Crippen LogP contribution in [0.25, 0.3) is 0 Å². The SMILES string of the molecule is C=CCOC(=O)N1CC(Cc2ccccn2)[C@@H](O)C1. The Labute approximate surface area is 112 Å². The van der Waals surface area contributed by atoms with E-state index in [1.807, 2.05) is 18.2 Å². The van der Waals surface area contributed by atoms with E-state index in [-0.39, 0.29) is 12.5 Å². The quantitative estimate of drug-likeness (QED) is 0.829. The number of hydrogen-bond acceptors (Lipinski definition) is 4. The minimum atomic E-state index is -0.529. The molecule has 1 aromatic heterocycles. The number of hydrogen-bond donors (Lipinski definition) is 1. The summed E-state index contributed by atoms with van der Waals surface area (Å²) in [6.07, 6.45) is 2.98. The Morgan fingerprint density at radius 1 is 1.58 bits per heavy atom. The summed E-state index contributed by atoms with van der Waals surface area (Å²) in [5.41, 5.74) is 0.924. The molecule has 1 N–H and O–H groups in total. The molecule has 0 radical (unpaired) electrons. The molecule has 2 atom stereocenters. The van der Waals surface area contributed by atoms with Crippen molar-refractivity contribution in [2.75, 3.05) is 19.7 Å². The summed E-state index contributed by atoms with van der Waals surface area (Å²) in [5.74, 6) is 0.00572. The fraction of sp³-hybridized carbons (Fsp3) is 0.429. The van der Waals surface area contributed by atoms with Gasteiger partial charge in [0.05, 0.1) is 12.6 Å². The van der Waals surface area contributed by atoms with Gasteiger partial charge >= 0.3 is 6.09 Å². The smallest absolute Gasteiger partial charge is 0.410 e. The highest BCUT2D eigenvalue weighted by molar-refractivity contribution is 5.68. The summed E-state index contributed by atoms with van der Waals surface area (Å²) in [5, 5.41) is 10.00. The van der Waals surface area contributed by atoms with Gasteiger partial charge in [-0.05, 0) is 18.6 Å². The van der Waals surface area contributed by atoms with Crippen molar-refractivity contribution in [3.8, 4) is 0 Å². The van der Waals surface area contributed by atoms with Gasteiger partial charge in [-0.3, -0.25) is 4.98 Å². The lowest BCUT2D eigenvalue weighted by molar-refractivity contribution is 0.111. The molecule has 2 rings (SSSR count). The zero-order valence-electron chi connectivity index (χ0n) is 10.7. The second kappa shape index (κ2) is 6.33. The maximum atomic E-state index is 11.7. The van der Waals surface area contributed by atoms with Crippen LogP contribution >= 0.6 is 0 Å². The highest BCUT2D eigenvalue weighted by Crippen LogP contribution is 2.21. The molecule has 0 bridgehead atoms. The van der Waals surface area contributed by atoms with E-state index in [1.54, 1.807) is 6.20 Å². The van der Waals surface area contributed by atoms with Crippen LogP contribution in [0.2, 0.25) is 0 Å². The number of β-amino-alcohol motifs (C(OH)–C–C–N with tert-alkyl or cyclic N) is 1. The summed E-state index contributed by atoms with van der Waals surface area (Å²) in [6.45, 7) is 4.49. The molecule has 19 heavy (non-hydrogen) atoms. The van der Waals surface area contributed by atoms with E-state index in [0.29, 0.717) is 19.5 Å². The van der Waals surface area contributed by atoms with Gasteiger partial charge in [0.1, 0.15) is 6.61 Å². The van der Waals surface area contributed by atoms with Crippen molar-refractivity contribution < 1.29 is 14.6 Å². The summed E-state index contributed by atoms with van der Waals surface area (Å²) < 4.78 is 4.96. The molecule has 1 fully saturated rings. The van der Waals surface area contributed by atoms with Crippen molar-refractivity contribution in [1.29, 1.82) is 0 Å². The van der Waals surface area contributed by atoms with Gasteiger partial charge < -0.3 is 14.7 Å². The molecular formula is C14H18N2O3. The van der Waals surface area contributed by atoms with Crippen LogP contribution in [-0.4, -0.2) is 46.9 Å². The van der Waals surface area contributed by atoms with Crippen molar-refractivity contribution in [2.45, 2.75) is 12.5 Å². The molecule has 0 saturated carbocycles. The number of likely N-dealkylation sites (tertiary alicyclic amines) is 1. The number of aromatic nitrogens is 1. The monoisotopic (exact) mass is 262 g/mol. The van der Waals surface area contributed by atoms with E-state index in [9.17, 15) is 9.90 Å². The molecule has 1 saturated heterocycles. The first-order valence-corrected chi connectivity index (χ1v) is 6.31. The van der Waals surface area contributed by atoms with Crippen molar-refractivity contribution in [1.82, 2.24) is 9.88 Å². The van der Waals surface area contributed by atoms with E-state index in [1.165, 1.54) is 11.0 Å². The summed E-state index contributed by atoms with van der Waals surface area (Å²) in [4.78, 5) is 17.4. The molecule has 1 amide bonds. The first-order chi connectivity index (χ1) is 9.20. The molecule has 2 heterocycles. The van der Waals surface area contributed by atoms with Crippen LogP contribution in [0, 0.1) is 5.92 Å². The largest absolute Gasteiger partial charge is 0.445 e. The third kappa shape index (κ3) is 3.54. The van der Waals surface area contributed by atoms with Crippen LogP contribution in [0.4, 0.5) is 4.79 Å². The summed E-state index contributed by atoms with van der Waals surface area (Å²) in [7, 11) is 0. The number of aliphatic hydroxyl groups is 1. The zero-order valence-corrected chi connectivity index (χ0v) is 10.7. The second-order valence-corrected chi connectivity index (χ2v) is 4.62. The molecule has 0 spiro atoms. The molecule has 5 heteroatoms. The molecule has 102 valence electrons. The average Bonchev–Trinajstić information content (AvgIpc) is 2.79. The number of nitrogens with zero attached hydrogens (tertiary/aromatic N) is 2. The number of carbonyl (C=O) groups is 1. The first kappa shape index (κ1) is 13.5. The molecule has 0 aliphatic carbocycles. The lowest BCUT2D eigenvalue weighted by atomic mass is 10.00. The third-order valence-corrected chi connectivity index (χ3v) is 3.19. The van der Waals surface area contributed by atoms with Crippen LogP contribution in [0.15, 0.2) is 37.1 Å². The molecule has 1 aliphatic rings. The number of aliphatic hydroxyl groups excluding tert-OH is 1. The Hall–Kier alpha value is -1.88. The van der Waals surface area contributed by atoms with Gasteiger partial charge in [0, 0.05) is 24.4 Å². The van der Waals surface area contributed by atoms with Crippen LogP contribution in [-0.2, 0) is 11.2 Å². The highest BCUT2D eigenvalue weighted by Gasteiger charge is 2.34. The number of pyridine rings is 1. The van der Waals surface area contributed by atoms with Gasteiger partial charge in [0.2, 0.25) is 0 Å². The van der Waals surface area contributed by atoms with E-state index in [2.05, 4.69) is 11.6 Å². The standard InChI is InChI=1S/C14H18N2O3/c1-2-7-19-14(18)16-9-11(13(17)10-16)8-12-5-3-4-6-15-12/h2-6,11,13,17H,1,7-10H2/t11?,13-/m0/s1. The predicted octanol–water partition coefficient (Wildman–Crippen LogP) is 1.24. The Morgan fingerprint density at radius 2 is 2.42 bits per heavy atom. The summed E-state index contributed by atoms with van der Waals surface area (Å²) in [6, 6.07) is 5.69. The third-order valence-electron chi connectivity index (χ3n) is 3.19. The fourth-order valence-corrected chi connectivity index (χ4v) is 2.21. The molecule has 1 aromatic rings. The van der Waals surface area contributed by atoms with Crippen LogP contribution in [0.3, 0.4) is 0 Å². The van der Waals surface area contributed by atoms with E-state index in [0.717, 1.165) is 5.69 Å². The van der Waals surface area contributed by atoms with Gasteiger partial charge in [0.25, 0.3) is 0 Å². The molecule has 1 aliphatic heterocycles. The van der Waals surface area contributed by atoms with Gasteiger partial charge in [-0.15, -0.1) is 0 Å². The number of carbonyl (C=O) groups excluding carboxylic acids is 1. The Bertz CT molecular complexity index is 436. The van der Waals surface area contributed by atoms with Crippen molar-refractivity contribution in [3.05, 3.63) is 42.7 Å². The summed E-state index contributed by atoms with van der Waals surface area (Å²) >= 11 is 0. The Balaban J connectivity index is 1.90. The average molecular weight is 262 g/mol. The van der Waals surface area contributed by atoms with E-state index < -0.39 is 12.2 Å². The Kier molecular flexibility index (Phi) is 4.52. The first-order valence-electron chi connectivity index (χ1n) is 6.31. The van der Waals surface area contributed by atoms with Gasteiger partial charge in [-0.25, -0.2) is 4.79 Å². The molecule has 1 unspecified atom stereocenters. The van der Waals surface area contributed by atoms with Crippen molar-refractivity contribution in [3.63, 3.8) is 0 Å². The number of rotatable bonds is 4. The van der Waals surface area contributed by atoms with Crippen LogP contribution in [0.5, 0.6) is 0 Å². The van der Waals surface area contributed by atoms with Crippen LogP contribution in [0.1, 0.15) is 5.69 Å². The van der Waals surface area contributed by atoms with E-state index in [4.69, 9.17) is 4.74 Å². The normalized spacial score (nSPS) is 22.3. The number of amides is 1. The van der Waals surface area contributed by atoms with Gasteiger partial charge in [-0.1, -0.05) is 18.7 Å². The maximum Gasteiger partial charge on any atom is 0.410 e. The fourth-order valence-electron chi connectivity index (χ4n) is 2.21. The van der Waals surface area contributed by atoms with Crippen molar-refractivity contribution >= 4 is 6.09 Å². The lowest BCUT2D eigenvalue weighted by Crippen LogP contribution is -2.30. The molecular weight excluding hydrogens is 244 g/mol. The molecule has 5 nitrogen and oxygen atoms in total. The predicted molar refractivity (Wildman–Crippen MR) is 70.6 cm³/mol. The number of ether oxygens (including phenoxy) is 1. The van der Waals surface area contributed by atoms with Gasteiger partial charge in [0.15, 0.2) is 0 Å². The van der Waals surface area contributed by atoms with E-state index >= 15 is 0 Å². The van der Waals surface area contributed by atoms with Crippen LogP contribution < -0.4 is 0 Å².